The second-order valence-corrected chi connectivity index (χ2v) is 7.18. The van der Waals surface area contributed by atoms with Gasteiger partial charge in [-0.05, 0) is 59.3 Å². The number of halogens is 5. The van der Waals surface area contributed by atoms with Gasteiger partial charge >= 0.3 is 6.61 Å². The van der Waals surface area contributed by atoms with Crippen molar-refractivity contribution in [1.82, 2.24) is 4.98 Å². The Hall–Kier alpha value is -3.12. The number of aliphatic hydroxyl groups is 1. The highest BCUT2D eigenvalue weighted by Crippen LogP contribution is 2.35. The Morgan fingerprint density at radius 1 is 1.16 bits per heavy atom. The van der Waals surface area contributed by atoms with Crippen molar-refractivity contribution in [1.29, 1.82) is 0 Å². The zero-order valence-corrected chi connectivity index (χ0v) is 17.8. The van der Waals surface area contributed by atoms with Crippen molar-refractivity contribution in [2.24, 2.45) is 5.73 Å². The van der Waals surface area contributed by atoms with Crippen molar-refractivity contribution >= 4 is 21.8 Å². The molecule has 0 aliphatic heterocycles. The molecule has 3 N–H and O–H groups in total. The van der Waals surface area contributed by atoms with Crippen molar-refractivity contribution in [3.8, 4) is 22.8 Å². The van der Waals surface area contributed by atoms with E-state index in [1.165, 1.54) is 31.2 Å². The lowest BCUT2D eigenvalue weighted by atomic mass is 10.1. The molecule has 0 spiro atoms. The zero-order valence-electron chi connectivity index (χ0n) is 16.2. The zero-order chi connectivity index (χ0) is 23.6. The molecule has 0 aliphatic carbocycles. The van der Waals surface area contributed by atoms with Gasteiger partial charge in [0.1, 0.15) is 22.8 Å². The van der Waals surface area contributed by atoms with E-state index in [0.29, 0.717) is 5.56 Å². The Morgan fingerprint density at radius 2 is 1.81 bits per heavy atom. The number of amides is 1. The van der Waals surface area contributed by atoms with Crippen LogP contribution < -0.4 is 15.2 Å². The predicted octanol–water partition coefficient (Wildman–Crippen LogP) is 4.58. The molecule has 0 unspecified atom stereocenters. The van der Waals surface area contributed by atoms with E-state index in [2.05, 4.69) is 25.7 Å². The second-order valence-electron chi connectivity index (χ2n) is 6.46. The van der Waals surface area contributed by atoms with Gasteiger partial charge in [0.15, 0.2) is 22.3 Å². The third-order valence-electron chi connectivity index (χ3n) is 4.19. The average Bonchev–Trinajstić information content (AvgIpc) is 3.08. The molecule has 1 heterocycles. The number of carbonyl (C=O) groups excluding carboxylic acids is 1. The number of benzene rings is 2. The molecule has 3 rings (SSSR count). The quantitative estimate of drug-likeness (QED) is 0.422. The van der Waals surface area contributed by atoms with E-state index in [1.807, 2.05) is 0 Å². The molecule has 170 valence electrons. The summed E-state index contributed by atoms with van der Waals surface area (Å²) in [6.07, 6.45) is -2.64. The number of aromatic nitrogens is 1. The van der Waals surface area contributed by atoms with Gasteiger partial charge < -0.3 is 24.7 Å². The molecule has 0 saturated carbocycles. The number of oxazole rings is 1. The first-order valence-corrected chi connectivity index (χ1v) is 9.71. The van der Waals surface area contributed by atoms with Gasteiger partial charge in [0.25, 0.3) is 5.91 Å². The van der Waals surface area contributed by atoms with E-state index in [4.69, 9.17) is 14.9 Å². The second kappa shape index (κ2) is 9.57. The van der Waals surface area contributed by atoms with Crippen LogP contribution in [-0.4, -0.2) is 28.7 Å². The van der Waals surface area contributed by atoms with Gasteiger partial charge in [0.2, 0.25) is 5.89 Å². The van der Waals surface area contributed by atoms with E-state index >= 15 is 0 Å². The fraction of sp³-hybridized carbons (Fsp3) is 0.200. The highest BCUT2D eigenvalue weighted by molar-refractivity contribution is 9.10. The van der Waals surface area contributed by atoms with Crippen LogP contribution in [0, 0.1) is 11.6 Å². The van der Waals surface area contributed by atoms with Gasteiger partial charge in [-0.2, -0.15) is 8.78 Å². The minimum atomic E-state index is -2.97. The van der Waals surface area contributed by atoms with Crippen LogP contribution >= 0.6 is 15.9 Å². The maximum atomic E-state index is 14.5. The molecular formula is C20H15BrF4N2O5. The summed E-state index contributed by atoms with van der Waals surface area (Å²) in [6.45, 7) is -1.66. The number of alkyl halides is 2. The minimum Gasteiger partial charge on any atom is -0.475 e. The Balaban J connectivity index is 1.92. The normalized spacial score (nSPS) is 13.1. The maximum Gasteiger partial charge on any atom is 0.387 e. The lowest BCUT2D eigenvalue weighted by Gasteiger charge is -2.19. The molecule has 1 aromatic heterocycles. The molecule has 1 amide bonds. The van der Waals surface area contributed by atoms with Crippen LogP contribution in [-0.2, 0) is 0 Å². The molecule has 12 heteroatoms. The standard InChI is InChI=1S/C20H15BrF4N2O5/c1-8(28)16(31-12-7-6-11(22)13(14(12)23)18(26)29)19-27-15(17(21)32-19)9-2-4-10(5-3-9)30-20(24)25/h2-8,16,20,28H,1H3,(H2,26,29)/t8-,16-/m1/s1. The molecule has 32 heavy (non-hydrogen) atoms. The van der Waals surface area contributed by atoms with Gasteiger partial charge in [-0.15, -0.1) is 0 Å². The molecule has 2 atom stereocenters. The summed E-state index contributed by atoms with van der Waals surface area (Å²) in [7, 11) is 0. The van der Waals surface area contributed by atoms with Crippen molar-refractivity contribution < 1.29 is 41.4 Å². The molecule has 0 radical (unpaired) electrons. The van der Waals surface area contributed by atoms with Crippen molar-refractivity contribution in [2.75, 3.05) is 0 Å². The van der Waals surface area contributed by atoms with Crippen LogP contribution in [0.2, 0.25) is 0 Å². The lowest BCUT2D eigenvalue weighted by Crippen LogP contribution is -2.23. The van der Waals surface area contributed by atoms with Crippen molar-refractivity contribution in [3.63, 3.8) is 0 Å². The van der Waals surface area contributed by atoms with E-state index in [9.17, 15) is 27.5 Å². The number of nitrogens with two attached hydrogens (primary N) is 1. The summed E-state index contributed by atoms with van der Waals surface area (Å²) in [5.74, 6) is -4.65. The summed E-state index contributed by atoms with van der Waals surface area (Å²) in [5.41, 5.74) is 4.68. The number of rotatable bonds is 8. The SMILES string of the molecule is C[C@@H](O)[C@@H](Oc1ccc(F)c(C(N)=O)c1F)c1nc(-c2ccc(OC(F)F)cc2)c(Br)o1. The first-order valence-electron chi connectivity index (χ1n) is 8.92. The number of carbonyl (C=O) groups is 1. The predicted molar refractivity (Wildman–Crippen MR) is 106 cm³/mol. The number of primary amides is 1. The van der Waals surface area contributed by atoms with Crippen LogP contribution in [0.4, 0.5) is 17.6 Å². The van der Waals surface area contributed by atoms with E-state index < -0.39 is 47.7 Å². The van der Waals surface area contributed by atoms with Crippen molar-refractivity contribution in [2.45, 2.75) is 25.7 Å². The van der Waals surface area contributed by atoms with Gasteiger partial charge in [-0.25, -0.2) is 13.8 Å². The number of nitrogens with zero attached hydrogens (tertiary/aromatic N) is 1. The van der Waals surface area contributed by atoms with Crippen molar-refractivity contribution in [3.05, 3.63) is 64.2 Å². The third kappa shape index (κ3) is 5.02. The molecule has 2 aromatic carbocycles. The smallest absolute Gasteiger partial charge is 0.387 e. The summed E-state index contributed by atoms with van der Waals surface area (Å²) in [5, 5.41) is 10.1. The van der Waals surface area contributed by atoms with Crippen LogP contribution in [0.5, 0.6) is 11.5 Å². The molecule has 7 nitrogen and oxygen atoms in total. The number of hydrogen-bond donors (Lipinski definition) is 2. The van der Waals surface area contributed by atoms with Gasteiger partial charge in [0.05, 0.1) is 6.10 Å². The fourth-order valence-electron chi connectivity index (χ4n) is 2.75. The first-order chi connectivity index (χ1) is 15.1. The summed E-state index contributed by atoms with van der Waals surface area (Å²) in [4.78, 5) is 15.5. The Kier molecular flexibility index (Phi) is 7.04. The summed E-state index contributed by atoms with van der Waals surface area (Å²) >= 11 is 3.17. The monoisotopic (exact) mass is 518 g/mol. The molecule has 0 fully saturated rings. The Bertz CT molecular complexity index is 1120. The summed E-state index contributed by atoms with van der Waals surface area (Å²) in [6, 6.07) is 7.20. The molecule has 0 saturated heterocycles. The van der Waals surface area contributed by atoms with E-state index in [-0.39, 0.29) is 22.0 Å². The Morgan fingerprint density at radius 3 is 2.38 bits per heavy atom. The number of ether oxygens (including phenoxy) is 2. The van der Waals surface area contributed by atoms with Gasteiger partial charge in [-0.1, -0.05) is 0 Å². The maximum absolute atomic E-state index is 14.5. The molecule has 0 bridgehead atoms. The molecule has 0 aliphatic rings. The van der Waals surface area contributed by atoms with Gasteiger partial charge in [0, 0.05) is 5.56 Å². The van der Waals surface area contributed by atoms with Crippen LogP contribution in [0.15, 0.2) is 45.5 Å². The molecule has 3 aromatic rings. The third-order valence-corrected chi connectivity index (χ3v) is 4.73. The summed E-state index contributed by atoms with van der Waals surface area (Å²) < 4.78 is 68.2. The number of aliphatic hydroxyl groups excluding tert-OH is 1. The van der Waals surface area contributed by atoms with E-state index in [0.717, 1.165) is 12.1 Å². The van der Waals surface area contributed by atoms with Gasteiger partial charge in [-0.3, -0.25) is 4.79 Å². The lowest BCUT2D eigenvalue weighted by molar-refractivity contribution is -0.0498. The first kappa shape index (κ1) is 23.5. The molecular weight excluding hydrogens is 504 g/mol. The Labute approximate surface area is 186 Å². The highest BCUT2D eigenvalue weighted by atomic mass is 79.9. The van der Waals surface area contributed by atoms with E-state index in [1.54, 1.807) is 0 Å². The van der Waals surface area contributed by atoms with Crippen LogP contribution in [0.25, 0.3) is 11.3 Å². The topological polar surface area (TPSA) is 108 Å². The highest BCUT2D eigenvalue weighted by Gasteiger charge is 2.30. The van der Waals surface area contributed by atoms with Crippen LogP contribution in [0.1, 0.15) is 29.3 Å². The fourth-order valence-corrected chi connectivity index (χ4v) is 3.24. The van der Waals surface area contributed by atoms with Crippen LogP contribution in [0.3, 0.4) is 0 Å². The minimum absolute atomic E-state index is 0.0641. The average molecular weight is 519 g/mol. The largest absolute Gasteiger partial charge is 0.475 e. The number of hydrogen-bond acceptors (Lipinski definition) is 6.